The Morgan fingerprint density at radius 2 is 1.85 bits per heavy atom. The minimum atomic E-state index is -3.76. The van der Waals surface area contributed by atoms with Crippen LogP contribution < -0.4 is 14.8 Å². The minimum absolute atomic E-state index is 0.113. The van der Waals surface area contributed by atoms with E-state index in [-0.39, 0.29) is 17.3 Å². The van der Waals surface area contributed by atoms with Crippen LogP contribution in [-0.2, 0) is 16.6 Å². The zero-order chi connectivity index (χ0) is 23.3. The molecule has 33 heavy (non-hydrogen) atoms. The number of rotatable bonds is 9. The highest BCUT2D eigenvalue weighted by Crippen LogP contribution is 2.24. The van der Waals surface area contributed by atoms with Gasteiger partial charge in [0.15, 0.2) is 0 Å². The molecule has 0 bridgehead atoms. The molecule has 2 N–H and O–H groups in total. The van der Waals surface area contributed by atoms with Gasteiger partial charge >= 0.3 is 0 Å². The summed E-state index contributed by atoms with van der Waals surface area (Å²) in [6.45, 7) is 2.56. The SMILES string of the molecule is CCOc1ccc(S(=O)(=O)Nc2ccc(C(=O)NCc3coc(-c4cccs4)n3)cc2)cc1. The molecule has 0 saturated carbocycles. The van der Waals surface area contributed by atoms with E-state index in [0.29, 0.717) is 35.2 Å². The standard InChI is InChI=1S/C23H21N3O5S2/c1-2-30-19-9-11-20(12-10-19)33(28,29)26-17-7-5-16(6-8-17)22(27)24-14-18-15-31-23(25-18)21-4-3-13-32-21/h3-13,15,26H,2,14H2,1H3,(H,24,27). The van der Waals surface area contributed by atoms with Crippen LogP contribution in [0.3, 0.4) is 0 Å². The molecule has 170 valence electrons. The van der Waals surface area contributed by atoms with Gasteiger partial charge in [-0.25, -0.2) is 13.4 Å². The number of oxazole rings is 1. The summed E-state index contributed by atoms with van der Waals surface area (Å²) in [5, 5.41) is 4.71. The maximum absolute atomic E-state index is 12.6. The second-order valence-corrected chi connectivity index (χ2v) is 9.52. The number of benzene rings is 2. The van der Waals surface area contributed by atoms with E-state index in [1.54, 1.807) is 24.3 Å². The smallest absolute Gasteiger partial charge is 0.261 e. The van der Waals surface area contributed by atoms with Crippen molar-refractivity contribution in [3.63, 3.8) is 0 Å². The van der Waals surface area contributed by atoms with Crippen LogP contribution in [0.2, 0.25) is 0 Å². The number of aromatic nitrogens is 1. The normalized spacial score (nSPS) is 11.2. The second-order valence-electron chi connectivity index (χ2n) is 6.89. The monoisotopic (exact) mass is 483 g/mol. The summed E-state index contributed by atoms with van der Waals surface area (Å²) in [6, 6.07) is 16.1. The van der Waals surface area contributed by atoms with E-state index in [9.17, 15) is 13.2 Å². The molecule has 2 heterocycles. The summed E-state index contributed by atoms with van der Waals surface area (Å²) in [6.07, 6.45) is 1.51. The van der Waals surface area contributed by atoms with E-state index >= 15 is 0 Å². The van der Waals surface area contributed by atoms with E-state index in [2.05, 4.69) is 15.0 Å². The number of hydrogen-bond donors (Lipinski definition) is 2. The first kappa shape index (κ1) is 22.6. The number of thiophene rings is 1. The molecular weight excluding hydrogens is 462 g/mol. The molecule has 10 heteroatoms. The first-order valence-corrected chi connectivity index (χ1v) is 12.4. The maximum Gasteiger partial charge on any atom is 0.261 e. The van der Waals surface area contributed by atoms with Gasteiger partial charge in [-0.1, -0.05) is 6.07 Å². The van der Waals surface area contributed by atoms with Crippen molar-refractivity contribution < 1.29 is 22.4 Å². The average Bonchev–Trinajstić information content (AvgIpc) is 3.50. The van der Waals surface area contributed by atoms with Gasteiger partial charge in [0.2, 0.25) is 5.89 Å². The Bertz CT molecular complexity index is 1310. The van der Waals surface area contributed by atoms with Crippen LogP contribution in [0.1, 0.15) is 23.0 Å². The van der Waals surface area contributed by atoms with E-state index in [0.717, 1.165) is 4.88 Å². The van der Waals surface area contributed by atoms with Crippen molar-refractivity contribution >= 4 is 33.0 Å². The van der Waals surface area contributed by atoms with Gasteiger partial charge in [-0.15, -0.1) is 11.3 Å². The third-order valence-electron chi connectivity index (χ3n) is 4.56. The number of nitrogens with one attached hydrogen (secondary N) is 2. The highest BCUT2D eigenvalue weighted by Gasteiger charge is 2.15. The van der Waals surface area contributed by atoms with Crippen LogP contribution in [0, 0.1) is 0 Å². The van der Waals surface area contributed by atoms with Crippen LogP contribution in [0.15, 0.2) is 81.6 Å². The lowest BCUT2D eigenvalue weighted by Gasteiger charge is -2.10. The number of carbonyl (C=O) groups is 1. The van der Waals surface area contributed by atoms with Gasteiger partial charge in [0.25, 0.3) is 15.9 Å². The minimum Gasteiger partial charge on any atom is -0.494 e. The third-order valence-corrected chi connectivity index (χ3v) is 6.81. The first-order valence-electron chi connectivity index (χ1n) is 10.1. The molecule has 0 unspecified atom stereocenters. The van der Waals surface area contributed by atoms with Crippen LogP contribution in [0.4, 0.5) is 5.69 Å². The zero-order valence-corrected chi connectivity index (χ0v) is 19.3. The number of amides is 1. The Balaban J connectivity index is 1.35. The fourth-order valence-electron chi connectivity index (χ4n) is 2.96. The Labute approximate surface area is 195 Å². The molecule has 8 nitrogen and oxygen atoms in total. The molecule has 0 aliphatic heterocycles. The number of carbonyl (C=O) groups excluding carboxylic acids is 1. The van der Waals surface area contributed by atoms with Gasteiger partial charge in [-0.3, -0.25) is 9.52 Å². The number of sulfonamides is 1. The summed E-state index contributed by atoms with van der Waals surface area (Å²) in [7, 11) is -3.76. The summed E-state index contributed by atoms with van der Waals surface area (Å²) in [5.74, 6) is 0.801. The summed E-state index contributed by atoms with van der Waals surface area (Å²) < 4.78 is 38.5. The zero-order valence-electron chi connectivity index (χ0n) is 17.6. The summed E-state index contributed by atoms with van der Waals surface area (Å²) in [4.78, 5) is 17.8. The van der Waals surface area contributed by atoms with Gasteiger partial charge in [0.05, 0.1) is 28.6 Å². The number of hydrogen-bond acceptors (Lipinski definition) is 7. The lowest BCUT2D eigenvalue weighted by atomic mass is 10.2. The number of nitrogens with zero attached hydrogens (tertiary/aromatic N) is 1. The molecular formula is C23H21N3O5S2. The lowest BCUT2D eigenvalue weighted by molar-refractivity contribution is 0.0950. The van der Waals surface area contributed by atoms with E-state index in [4.69, 9.17) is 9.15 Å². The van der Waals surface area contributed by atoms with Gasteiger partial charge < -0.3 is 14.5 Å². The molecule has 0 aliphatic rings. The van der Waals surface area contributed by atoms with Gasteiger partial charge in [-0.05, 0) is 66.9 Å². The fraction of sp³-hybridized carbons (Fsp3) is 0.130. The topological polar surface area (TPSA) is 111 Å². The highest BCUT2D eigenvalue weighted by molar-refractivity contribution is 7.92. The van der Waals surface area contributed by atoms with Crippen molar-refractivity contribution in [1.29, 1.82) is 0 Å². The first-order chi connectivity index (χ1) is 15.9. The highest BCUT2D eigenvalue weighted by atomic mass is 32.2. The molecule has 4 aromatic rings. The van der Waals surface area contributed by atoms with Crippen molar-refractivity contribution in [3.05, 3.63) is 83.6 Å². The number of anilines is 1. The Kier molecular flexibility index (Phi) is 6.76. The summed E-state index contributed by atoms with van der Waals surface area (Å²) >= 11 is 1.52. The van der Waals surface area contributed by atoms with Crippen LogP contribution >= 0.6 is 11.3 Å². The molecule has 2 aromatic heterocycles. The van der Waals surface area contributed by atoms with Crippen LogP contribution in [0.25, 0.3) is 10.8 Å². The van der Waals surface area contributed by atoms with Gasteiger partial charge in [0.1, 0.15) is 12.0 Å². The average molecular weight is 484 g/mol. The van der Waals surface area contributed by atoms with Crippen LogP contribution in [-0.4, -0.2) is 25.9 Å². The van der Waals surface area contributed by atoms with Crippen LogP contribution in [0.5, 0.6) is 5.75 Å². The second kappa shape index (κ2) is 9.88. The number of ether oxygens (including phenoxy) is 1. The molecule has 2 aromatic carbocycles. The predicted molar refractivity (Wildman–Crippen MR) is 126 cm³/mol. The third kappa shape index (κ3) is 5.60. The van der Waals surface area contributed by atoms with Crippen molar-refractivity contribution in [3.8, 4) is 16.5 Å². The van der Waals surface area contributed by atoms with Crippen molar-refractivity contribution in [2.75, 3.05) is 11.3 Å². The Hall–Kier alpha value is -3.63. The molecule has 0 aliphatic carbocycles. The maximum atomic E-state index is 12.6. The molecule has 0 atom stereocenters. The van der Waals surface area contributed by atoms with Crippen molar-refractivity contribution in [2.45, 2.75) is 18.4 Å². The largest absolute Gasteiger partial charge is 0.494 e. The molecule has 1 amide bonds. The Morgan fingerprint density at radius 1 is 1.09 bits per heavy atom. The molecule has 0 radical (unpaired) electrons. The van der Waals surface area contributed by atoms with Gasteiger partial charge in [0, 0.05) is 11.3 Å². The van der Waals surface area contributed by atoms with E-state index in [1.165, 1.54) is 41.9 Å². The predicted octanol–water partition coefficient (Wildman–Crippen LogP) is 4.53. The van der Waals surface area contributed by atoms with E-state index in [1.807, 2.05) is 24.4 Å². The fourth-order valence-corrected chi connectivity index (χ4v) is 4.67. The Morgan fingerprint density at radius 3 is 2.52 bits per heavy atom. The van der Waals surface area contributed by atoms with Crippen molar-refractivity contribution in [2.24, 2.45) is 0 Å². The quantitative estimate of drug-likeness (QED) is 0.362. The summed E-state index contributed by atoms with van der Waals surface area (Å²) in [5.41, 5.74) is 1.34. The van der Waals surface area contributed by atoms with E-state index < -0.39 is 10.0 Å². The van der Waals surface area contributed by atoms with Crippen molar-refractivity contribution in [1.82, 2.24) is 10.3 Å². The molecule has 4 rings (SSSR count). The van der Waals surface area contributed by atoms with Gasteiger partial charge in [-0.2, -0.15) is 0 Å². The lowest BCUT2D eigenvalue weighted by Crippen LogP contribution is -2.23. The molecule has 0 spiro atoms. The molecule has 0 saturated heterocycles. The molecule has 0 fully saturated rings.